The molecule has 1 aromatic rings. The number of quaternary nitrogens is 1. The van der Waals surface area contributed by atoms with Crippen molar-refractivity contribution < 1.29 is 10.4 Å². The third kappa shape index (κ3) is 1.38. The molecule has 0 fully saturated rings. The Kier molecular flexibility index (Phi) is 2.20. The van der Waals surface area contributed by atoms with Crippen LogP contribution in [0.4, 0.5) is 5.95 Å². The Morgan fingerprint density at radius 1 is 1.91 bits per heavy atom. The standard InChI is InChI=1S/C5H10N4O2/c1-8-4(2-6)3-7-5(8)9(10)11/h3,9-10H,2,6H2,1H3. The molecule has 1 rings (SSSR count). The van der Waals surface area contributed by atoms with Gasteiger partial charge in [-0.3, -0.25) is 4.57 Å². The van der Waals surface area contributed by atoms with Crippen molar-refractivity contribution in [3.05, 3.63) is 17.1 Å². The van der Waals surface area contributed by atoms with Gasteiger partial charge >= 0.3 is 5.95 Å². The number of rotatable bonds is 2. The van der Waals surface area contributed by atoms with Gasteiger partial charge in [0.2, 0.25) is 0 Å². The van der Waals surface area contributed by atoms with E-state index in [2.05, 4.69) is 4.98 Å². The summed E-state index contributed by atoms with van der Waals surface area (Å²) in [5.41, 5.74) is 6.02. The lowest BCUT2D eigenvalue weighted by molar-refractivity contribution is -0.995. The van der Waals surface area contributed by atoms with Gasteiger partial charge < -0.3 is 10.9 Å². The second-order valence-electron chi connectivity index (χ2n) is 2.14. The molecule has 1 heterocycles. The third-order valence-electron chi connectivity index (χ3n) is 1.48. The van der Waals surface area contributed by atoms with Crippen molar-refractivity contribution in [3.8, 4) is 0 Å². The van der Waals surface area contributed by atoms with Gasteiger partial charge in [0.15, 0.2) is 0 Å². The molecule has 0 aliphatic rings. The van der Waals surface area contributed by atoms with Crippen molar-refractivity contribution in [2.45, 2.75) is 6.54 Å². The predicted molar refractivity (Wildman–Crippen MR) is 36.9 cm³/mol. The van der Waals surface area contributed by atoms with Crippen molar-refractivity contribution in [1.82, 2.24) is 9.55 Å². The number of nitrogens with zero attached hydrogens (tertiary/aromatic N) is 2. The minimum absolute atomic E-state index is 0.0189. The fraction of sp³-hybridized carbons (Fsp3) is 0.400. The predicted octanol–water partition coefficient (Wildman–Crippen LogP) is -1.72. The number of imidazole rings is 1. The van der Waals surface area contributed by atoms with Crippen LogP contribution in [0.25, 0.3) is 0 Å². The van der Waals surface area contributed by atoms with Crippen LogP contribution in [0.3, 0.4) is 0 Å². The molecule has 0 bridgehead atoms. The van der Waals surface area contributed by atoms with E-state index in [9.17, 15) is 5.21 Å². The zero-order valence-corrected chi connectivity index (χ0v) is 6.11. The SMILES string of the molecule is Cn1c(CN)cnc1[NH+]([O-])O. The van der Waals surface area contributed by atoms with Gasteiger partial charge in [0.1, 0.15) is 0 Å². The molecule has 0 saturated heterocycles. The van der Waals surface area contributed by atoms with Gasteiger partial charge in [-0.2, -0.15) is 10.2 Å². The molecule has 62 valence electrons. The highest BCUT2D eigenvalue weighted by atomic mass is 16.8. The maximum Gasteiger partial charge on any atom is 0.340 e. The first-order valence-electron chi connectivity index (χ1n) is 3.10. The molecule has 6 heteroatoms. The minimum atomic E-state index is -1.03. The molecule has 1 unspecified atom stereocenters. The quantitative estimate of drug-likeness (QED) is 0.446. The summed E-state index contributed by atoms with van der Waals surface area (Å²) in [6, 6.07) is 0. The van der Waals surface area contributed by atoms with Crippen LogP contribution in [-0.2, 0) is 13.6 Å². The van der Waals surface area contributed by atoms with E-state index in [1.54, 1.807) is 7.05 Å². The summed E-state index contributed by atoms with van der Waals surface area (Å²) in [5, 5.41) is 17.9. The summed E-state index contributed by atoms with van der Waals surface area (Å²) in [4.78, 5) is 3.67. The number of aromatic nitrogens is 2. The normalized spacial score (nSPS) is 13.5. The van der Waals surface area contributed by atoms with E-state index in [1.807, 2.05) is 0 Å². The first-order valence-corrected chi connectivity index (χ1v) is 3.10. The zero-order valence-electron chi connectivity index (χ0n) is 6.11. The van der Waals surface area contributed by atoms with Crippen molar-refractivity contribution in [2.75, 3.05) is 0 Å². The molecule has 11 heavy (non-hydrogen) atoms. The summed E-state index contributed by atoms with van der Waals surface area (Å²) in [5.74, 6) is 0.0189. The van der Waals surface area contributed by atoms with Crippen LogP contribution in [0.1, 0.15) is 5.69 Å². The topological polar surface area (TPSA) is 91.6 Å². The highest BCUT2D eigenvalue weighted by molar-refractivity contribution is 5.13. The van der Waals surface area contributed by atoms with E-state index >= 15 is 0 Å². The Hall–Kier alpha value is -0.950. The maximum absolute atomic E-state index is 10.4. The molecule has 6 nitrogen and oxygen atoms in total. The molecule has 0 amide bonds. The monoisotopic (exact) mass is 158 g/mol. The Bertz CT molecular complexity index is 245. The molecular formula is C5H10N4O2. The molecule has 0 spiro atoms. The summed E-state index contributed by atoms with van der Waals surface area (Å²) < 4.78 is 1.46. The number of nitrogens with two attached hydrogens (primary N) is 1. The molecular weight excluding hydrogens is 148 g/mol. The molecule has 0 aliphatic heterocycles. The van der Waals surface area contributed by atoms with Gasteiger partial charge in [-0.05, 0) is 0 Å². The van der Waals surface area contributed by atoms with Gasteiger partial charge in [-0.15, -0.1) is 0 Å². The lowest BCUT2D eigenvalue weighted by Gasteiger charge is -2.10. The van der Waals surface area contributed by atoms with Gasteiger partial charge in [0, 0.05) is 13.6 Å². The average Bonchev–Trinajstić information content (AvgIpc) is 2.30. The first kappa shape index (κ1) is 8.15. The molecule has 0 aliphatic carbocycles. The van der Waals surface area contributed by atoms with E-state index in [1.165, 1.54) is 10.8 Å². The van der Waals surface area contributed by atoms with Crippen LogP contribution in [-0.4, -0.2) is 14.8 Å². The van der Waals surface area contributed by atoms with Crippen LogP contribution in [0.5, 0.6) is 0 Å². The molecule has 1 aromatic heterocycles. The maximum atomic E-state index is 10.4. The van der Waals surface area contributed by atoms with Crippen molar-refractivity contribution in [2.24, 2.45) is 12.8 Å². The van der Waals surface area contributed by atoms with E-state index in [0.717, 1.165) is 0 Å². The van der Waals surface area contributed by atoms with Crippen LogP contribution >= 0.6 is 0 Å². The van der Waals surface area contributed by atoms with Crippen LogP contribution in [0.2, 0.25) is 0 Å². The first-order chi connectivity index (χ1) is 5.16. The summed E-state index contributed by atoms with van der Waals surface area (Å²) in [6.07, 6.45) is 1.46. The van der Waals surface area contributed by atoms with Crippen LogP contribution in [0.15, 0.2) is 6.20 Å². The Morgan fingerprint density at radius 2 is 2.55 bits per heavy atom. The zero-order chi connectivity index (χ0) is 8.43. The summed E-state index contributed by atoms with van der Waals surface area (Å²) in [6.45, 7) is 0.302. The van der Waals surface area contributed by atoms with E-state index in [-0.39, 0.29) is 5.95 Å². The highest BCUT2D eigenvalue weighted by Crippen LogP contribution is 2.01. The lowest BCUT2D eigenvalue weighted by Crippen LogP contribution is -3.00. The van der Waals surface area contributed by atoms with E-state index in [0.29, 0.717) is 12.2 Å². The number of nitrogens with one attached hydrogen (secondary N) is 1. The second kappa shape index (κ2) is 2.97. The van der Waals surface area contributed by atoms with E-state index in [4.69, 9.17) is 10.9 Å². The third-order valence-corrected chi connectivity index (χ3v) is 1.48. The molecule has 4 N–H and O–H groups in total. The molecule has 0 radical (unpaired) electrons. The average molecular weight is 158 g/mol. The lowest BCUT2D eigenvalue weighted by atomic mass is 10.5. The fourth-order valence-corrected chi connectivity index (χ4v) is 0.833. The smallest absolute Gasteiger partial charge is 0.340 e. The van der Waals surface area contributed by atoms with Gasteiger partial charge in [-0.25, -0.2) is 5.21 Å². The van der Waals surface area contributed by atoms with Gasteiger partial charge in [-0.1, -0.05) is 0 Å². The Balaban J connectivity index is 3.00. The Labute approximate surface area is 63.4 Å². The van der Waals surface area contributed by atoms with Crippen molar-refractivity contribution in [3.63, 3.8) is 0 Å². The Morgan fingerprint density at radius 3 is 2.82 bits per heavy atom. The number of hydrogen-bond acceptors (Lipinski definition) is 4. The largest absolute Gasteiger partial charge is 0.592 e. The fourth-order valence-electron chi connectivity index (χ4n) is 0.833. The van der Waals surface area contributed by atoms with Gasteiger partial charge in [0.25, 0.3) is 0 Å². The summed E-state index contributed by atoms with van der Waals surface area (Å²) in [7, 11) is 1.62. The molecule has 0 saturated carbocycles. The molecule has 1 atom stereocenters. The van der Waals surface area contributed by atoms with Crippen molar-refractivity contribution in [1.29, 1.82) is 0 Å². The second-order valence-corrected chi connectivity index (χ2v) is 2.14. The van der Waals surface area contributed by atoms with Crippen LogP contribution < -0.4 is 11.0 Å². The summed E-state index contributed by atoms with van der Waals surface area (Å²) >= 11 is 0. The van der Waals surface area contributed by atoms with E-state index < -0.39 is 5.23 Å². The minimum Gasteiger partial charge on any atom is -0.592 e. The number of hydrogen-bond donors (Lipinski definition) is 3. The van der Waals surface area contributed by atoms with Crippen LogP contribution in [0, 0.1) is 5.21 Å². The van der Waals surface area contributed by atoms with Crippen molar-refractivity contribution >= 4 is 5.95 Å². The molecule has 0 aromatic carbocycles. The highest BCUT2D eigenvalue weighted by Gasteiger charge is 2.09. The van der Waals surface area contributed by atoms with Gasteiger partial charge in [0.05, 0.1) is 11.9 Å².